The molecule has 0 saturated heterocycles. The van der Waals surface area contributed by atoms with Gasteiger partial charge in [-0.1, -0.05) is 64.2 Å². The van der Waals surface area contributed by atoms with Gasteiger partial charge in [-0.2, -0.15) is 0 Å². The number of furan rings is 1. The number of carbonyl (C=O) groups excluding carboxylic acids is 2. The number of esters is 2. The number of nitrogens with zero attached hydrogens (tertiary/aromatic N) is 2. The van der Waals surface area contributed by atoms with E-state index in [0.29, 0.717) is 37.7 Å². The monoisotopic (exact) mass is 618 g/mol. The molecule has 0 aliphatic carbocycles. The van der Waals surface area contributed by atoms with Crippen LogP contribution < -0.4 is 14.9 Å². The Morgan fingerprint density at radius 3 is 2.50 bits per heavy atom. The van der Waals surface area contributed by atoms with Gasteiger partial charge in [-0.15, -0.1) is 0 Å². The lowest BCUT2D eigenvalue weighted by atomic mass is 9.95. The molecule has 0 radical (unpaired) electrons. The maximum Gasteiger partial charge on any atom is 0.338 e. The van der Waals surface area contributed by atoms with Gasteiger partial charge < -0.3 is 13.9 Å². The van der Waals surface area contributed by atoms with Crippen molar-refractivity contribution >= 4 is 45.3 Å². The van der Waals surface area contributed by atoms with E-state index >= 15 is 0 Å². The Hall–Kier alpha value is -4.28. The summed E-state index contributed by atoms with van der Waals surface area (Å²) in [5.74, 6) is 0.0677. The Morgan fingerprint density at radius 1 is 1.10 bits per heavy atom. The number of allylic oxidation sites excluding steroid dienone is 1. The minimum absolute atomic E-state index is 0.00717. The van der Waals surface area contributed by atoms with Gasteiger partial charge in [0.15, 0.2) is 4.80 Å². The molecular formula is C30H23BrN2O6S. The molecule has 3 heterocycles. The molecule has 202 valence electrons. The molecule has 1 atom stereocenters. The lowest BCUT2D eigenvalue weighted by Gasteiger charge is -2.24. The Morgan fingerprint density at radius 2 is 1.82 bits per heavy atom. The van der Waals surface area contributed by atoms with Crippen molar-refractivity contribution < 1.29 is 23.5 Å². The van der Waals surface area contributed by atoms with Gasteiger partial charge in [-0.3, -0.25) is 9.36 Å². The Bertz CT molecular complexity index is 1830. The van der Waals surface area contributed by atoms with Gasteiger partial charge in [0.2, 0.25) is 0 Å². The number of fused-ring (bicyclic) bond motifs is 1. The van der Waals surface area contributed by atoms with Crippen LogP contribution >= 0.6 is 27.3 Å². The van der Waals surface area contributed by atoms with Crippen LogP contribution in [0, 0.1) is 0 Å². The minimum Gasteiger partial charge on any atom is -0.465 e. The Labute approximate surface area is 241 Å². The predicted octanol–water partition coefficient (Wildman–Crippen LogP) is 4.77. The topological polar surface area (TPSA) is 100 Å². The van der Waals surface area contributed by atoms with E-state index in [1.165, 1.54) is 29.1 Å². The van der Waals surface area contributed by atoms with Crippen molar-refractivity contribution in [3.8, 4) is 11.3 Å². The van der Waals surface area contributed by atoms with Crippen LogP contribution in [0.15, 0.2) is 103 Å². The van der Waals surface area contributed by atoms with Gasteiger partial charge >= 0.3 is 11.9 Å². The fourth-order valence-corrected chi connectivity index (χ4v) is 5.65. The number of hydrogen-bond donors (Lipinski definition) is 0. The maximum atomic E-state index is 13.8. The van der Waals surface area contributed by atoms with Crippen LogP contribution in [0.5, 0.6) is 0 Å². The normalized spacial score (nSPS) is 14.9. The van der Waals surface area contributed by atoms with Crippen LogP contribution in [-0.4, -0.2) is 30.2 Å². The van der Waals surface area contributed by atoms with E-state index < -0.39 is 18.0 Å². The molecule has 0 bridgehead atoms. The molecule has 0 fully saturated rings. The van der Waals surface area contributed by atoms with Crippen LogP contribution in [0.25, 0.3) is 17.4 Å². The molecule has 8 nitrogen and oxygen atoms in total. The molecule has 0 spiro atoms. The van der Waals surface area contributed by atoms with Crippen molar-refractivity contribution in [1.82, 2.24) is 4.57 Å². The third-order valence-corrected chi connectivity index (χ3v) is 7.76. The smallest absolute Gasteiger partial charge is 0.338 e. The molecule has 0 N–H and O–H groups in total. The summed E-state index contributed by atoms with van der Waals surface area (Å²) in [6, 6.07) is 17.1. The summed E-state index contributed by atoms with van der Waals surface area (Å²) in [5, 5.41) is 0. The van der Waals surface area contributed by atoms with Crippen molar-refractivity contribution in [2.24, 2.45) is 4.99 Å². The van der Waals surface area contributed by atoms with Crippen molar-refractivity contribution in [2.75, 3.05) is 13.7 Å². The number of methoxy groups -OCH3 is 1. The molecule has 2 aromatic carbocycles. The molecule has 0 saturated carbocycles. The summed E-state index contributed by atoms with van der Waals surface area (Å²) in [7, 11) is 1.30. The highest BCUT2D eigenvalue weighted by molar-refractivity contribution is 9.10. The second-order valence-corrected chi connectivity index (χ2v) is 10.7. The summed E-state index contributed by atoms with van der Waals surface area (Å²) in [6.07, 6.45) is 3.13. The molecular weight excluding hydrogens is 596 g/mol. The summed E-state index contributed by atoms with van der Waals surface area (Å²) >= 11 is 4.62. The minimum atomic E-state index is -0.822. The van der Waals surface area contributed by atoms with E-state index in [1.54, 1.807) is 43.3 Å². The first-order valence-electron chi connectivity index (χ1n) is 12.2. The van der Waals surface area contributed by atoms with Gasteiger partial charge in [-0.05, 0) is 48.9 Å². The number of ether oxygens (including phenoxy) is 2. The quantitative estimate of drug-likeness (QED) is 0.218. The zero-order valence-electron chi connectivity index (χ0n) is 21.5. The van der Waals surface area contributed by atoms with E-state index in [2.05, 4.69) is 27.5 Å². The number of rotatable bonds is 7. The highest BCUT2D eigenvalue weighted by Gasteiger charge is 2.33. The largest absolute Gasteiger partial charge is 0.465 e. The lowest BCUT2D eigenvalue weighted by molar-refractivity contribution is -0.138. The number of thiazole rings is 1. The summed E-state index contributed by atoms with van der Waals surface area (Å²) in [6.45, 7) is 5.31. The van der Waals surface area contributed by atoms with Crippen LogP contribution in [-0.2, 0) is 14.3 Å². The maximum absolute atomic E-state index is 13.8. The van der Waals surface area contributed by atoms with Crippen LogP contribution in [0.3, 0.4) is 0 Å². The highest BCUT2D eigenvalue weighted by Crippen LogP contribution is 2.31. The zero-order chi connectivity index (χ0) is 28.4. The Balaban J connectivity index is 1.61. The van der Waals surface area contributed by atoms with E-state index in [4.69, 9.17) is 13.9 Å². The summed E-state index contributed by atoms with van der Waals surface area (Å²) in [5.41, 5.74) is 2.17. The first-order chi connectivity index (χ1) is 19.3. The summed E-state index contributed by atoms with van der Waals surface area (Å²) in [4.78, 5) is 43.9. The van der Waals surface area contributed by atoms with Gasteiger partial charge in [0.25, 0.3) is 5.56 Å². The molecule has 10 heteroatoms. The third kappa shape index (κ3) is 5.28. The molecule has 2 aromatic heterocycles. The first-order valence-corrected chi connectivity index (χ1v) is 13.8. The molecule has 1 aliphatic rings. The molecule has 4 aromatic rings. The standard InChI is InChI=1S/C30H23BrN2O6S/c1-4-15-38-29(36)25-17(2)32-30-33(26(25)19-5-7-20(8-6-19)28(35)37-3)27(34)24(40-30)16-22-13-14-23(39-22)18-9-11-21(31)12-10-18/h4-14,16,26H,1,15H2,2-3H3. The van der Waals surface area contributed by atoms with E-state index in [9.17, 15) is 14.4 Å². The number of halogens is 1. The fraction of sp³-hybridized carbons (Fsp3) is 0.133. The van der Waals surface area contributed by atoms with Crippen molar-refractivity contribution in [3.05, 3.63) is 126 Å². The van der Waals surface area contributed by atoms with Crippen LogP contribution in [0.4, 0.5) is 0 Å². The number of hydrogen-bond acceptors (Lipinski definition) is 8. The van der Waals surface area contributed by atoms with Gasteiger partial charge in [0.05, 0.1) is 34.5 Å². The number of carbonyl (C=O) groups is 2. The van der Waals surface area contributed by atoms with Gasteiger partial charge in [0, 0.05) is 16.1 Å². The van der Waals surface area contributed by atoms with Crippen LogP contribution in [0.2, 0.25) is 0 Å². The van der Waals surface area contributed by atoms with E-state index in [1.807, 2.05) is 30.3 Å². The number of benzene rings is 2. The fourth-order valence-electron chi connectivity index (χ4n) is 4.36. The lowest BCUT2D eigenvalue weighted by Crippen LogP contribution is -2.40. The average Bonchev–Trinajstić information content (AvgIpc) is 3.55. The summed E-state index contributed by atoms with van der Waals surface area (Å²) < 4.78 is 19.0. The zero-order valence-corrected chi connectivity index (χ0v) is 24.0. The molecule has 40 heavy (non-hydrogen) atoms. The van der Waals surface area contributed by atoms with Crippen molar-refractivity contribution in [2.45, 2.75) is 13.0 Å². The van der Waals surface area contributed by atoms with Crippen LogP contribution in [0.1, 0.15) is 34.6 Å². The molecule has 1 aliphatic heterocycles. The highest BCUT2D eigenvalue weighted by atomic mass is 79.9. The Kier molecular flexibility index (Phi) is 7.81. The SMILES string of the molecule is C=CCOC(=O)C1=C(C)N=c2sc(=Cc3ccc(-c4ccc(Br)cc4)o3)c(=O)n2C1c1ccc(C(=O)OC)cc1. The number of aromatic nitrogens is 1. The van der Waals surface area contributed by atoms with Crippen molar-refractivity contribution in [1.29, 1.82) is 0 Å². The first kappa shape index (κ1) is 27.3. The second kappa shape index (κ2) is 11.4. The van der Waals surface area contributed by atoms with Gasteiger partial charge in [0.1, 0.15) is 18.1 Å². The molecule has 1 unspecified atom stereocenters. The van der Waals surface area contributed by atoms with E-state index in [-0.39, 0.29) is 17.7 Å². The predicted molar refractivity (Wildman–Crippen MR) is 155 cm³/mol. The van der Waals surface area contributed by atoms with Crippen molar-refractivity contribution in [3.63, 3.8) is 0 Å². The average molecular weight is 619 g/mol. The van der Waals surface area contributed by atoms with E-state index in [0.717, 1.165) is 10.0 Å². The van der Waals surface area contributed by atoms with Gasteiger partial charge in [-0.25, -0.2) is 14.6 Å². The third-order valence-electron chi connectivity index (χ3n) is 6.25. The molecule has 0 amide bonds. The second-order valence-electron chi connectivity index (χ2n) is 8.79. The molecule has 5 rings (SSSR count).